The van der Waals surface area contributed by atoms with Gasteiger partial charge in [-0.2, -0.15) is 5.26 Å². The third kappa shape index (κ3) is 7.63. The molecule has 0 rings (SSSR count). The number of nitrogens with one attached hydrogen (secondary N) is 1. The monoisotopic (exact) mass is 228 g/mol. The van der Waals surface area contributed by atoms with Crippen LogP contribution < -0.4 is 5.32 Å². The van der Waals surface area contributed by atoms with Gasteiger partial charge >= 0.3 is 0 Å². The van der Waals surface area contributed by atoms with Crippen molar-refractivity contribution in [3.63, 3.8) is 0 Å². The van der Waals surface area contributed by atoms with Crippen LogP contribution in [0.25, 0.3) is 0 Å². The molecule has 0 aromatic heterocycles. The Labute approximate surface area is 98.9 Å². The highest BCUT2D eigenvalue weighted by molar-refractivity contribution is 5.03. The number of nitriles is 1. The SMILES string of the molecule is CCCNC(C)(C#N)CCOCCOCC. The number of rotatable bonds is 10. The first kappa shape index (κ1) is 15.4. The lowest BCUT2D eigenvalue weighted by Gasteiger charge is -2.22. The van der Waals surface area contributed by atoms with E-state index in [4.69, 9.17) is 14.7 Å². The number of nitrogens with zero attached hydrogens (tertiary/aromatic N) is 1. The van der Waals surface area contributed by atoms with Crippen LogP contribution in [0.3, 0.4) is 0 Å². The van der Waals surface area contributed by atoms with Crippen molar-refractivity contribution in [2.24, 2.45) is 0 Å². The maximum atomic E-state index is 9.06. The first-order chi connectivity index (χ1) is 7.68. The summed E-state index contributed by atoms with van der Waals surface area (Å²) < 4.78 is 10.5. The van der Waals surface area contributed by atoms with Gasteiger partial charge in [0.15, 0.2) is 0 Å². The molecule has 0 fully saturated rings. The molecule has 4 heteroatoms. The lowest BCUT2D eigenvalue weighted by atomic mass is 10.0. The maximum absolute atomic E-state index is 9.06. The van der Waals surface area contributed by atoms with Crippen LogP contribution in [0, 0.1) is 11.3 Å². The largest absolute Gasteiger partial charge is 0.379 e. The van der Waals surface area contributed by atoms with E-state index >= 15 is 0 Å². The van der Waals surface area contributed by atoms with E-state index in [0.717, 1.165) is 19.6 Å². The van der Waals surface area contributed by atoms with E-state index in [1.165, 1.54) is 0 Å². The lowest BCUT2D eigenvalue weighted by Crippen LogP contribution is -2.42. The van der Waals surface area contributed by atoms with Gasteiger partial charge in [-0.3, -0.25) is 5.32 Å². The minimum atomic E-state index is -0.471. The molecule has 0 saturated carbocycles. The van der Waals surface area contributed by atoms with Crippen LogP contribution in [0.5, 0.6) is 0 Å². The van der Waals surface area contributed by atoms with Gasteiger partial charge in [0.05, 0.1) is 19.3 Å². The average molecular weight is 228 g/mol. The van der Waals surface area contributed by atoms with Crippen molar-refractivity contribution < 1.29 is 9.47 Å². The summed E-state index contributed by atoms with van der Waals surface area (Å²) in [7, 11) is 0. The first-order valence-electron chi connectivity index (χ1n) is 6.00. The zero-order valence-corrected chi connectivity index (χ0v) is 10.7. The highest BCUT2D eigenvalue weighted by atomic mass is 16.5. The molecule has 0 amide bonds. The van der Waals surface area contributed by atoms with Crippen molar-refractivity contribution in [2.45, 2.75) is 39.2 Å². The van der Waals surface area contributed by atoms with E-state index in [0.29, 0.717) is 26.2 Å². The molecule has 0 bridgehead atoms. The van der Waals surface area contributed by atoms with Crippen LogP contribution in [0.4, 0.5) is 0 Å². The Hall–Kier alpha value is -0.630. The number of hydrogen-bond donors (Lipinski definition) is 1. The molecule has 0 aromatic rings. The molecule has 4 nitrogen and oxygen atoms in total. The van der Waals surface area contributed by atoms with Gasteiger partial charge in [-0.1, -0.05) is 6.92 Å². The first-order valence-corrected chi connectivity index (χ1v) is 6.00. The fourth-order valence-electron chi connectivity index (χ4n) is 1.23. The fourth-order valence-corrected chi connectivity index (χ4v) is 1.23. The molecule has 0 spiro atoms. The van der Waals surface area contributed by atoms with E-state index in [1.807, 2.05) is 13.8 Å². The van der Waals surface area contributed by atoms with E-state index < -0.39 is 5.54 Å². The molecule has 94 valence electrons. The van der Waals surface area contributed by atoms with Crippen molar-refractivity contribution in [2.75, 3.05) is 33.0 Å². The van der Waals surface area contributed by atoms with E-state index in [-0.39, 0.29) is 0 Å². The topological polar surface area (TPSA) is 54.3 Å². The standard InChI is InChI=1S/C12H24N2O2/c1-4-7-14-12(3,11-13)6-8-16-10-9-15-5-2/h14H,4-10H2,1-3H3. The van der Waals surface area contributed by atoms with Crippen LogP contribution in [0.1, 0.15) is 33.6 Å². The molecule has 0 heterocycles. The Morgan fingerprint density at radius 1 is 1.19 bits per heavy atom. The quantitative estimate of drug-likeness (QED) is 0.578. The van der Waals surface area contributed by atoms with E-state index in [2.05, 4.69) is 18.3 Å². The Morgan fingerprint density at radius 3 is 2.44 bits per heavy atom. The van der Waals surface area contributed by atoms with Gasteiger partial charge in [-0.05, 0) is 26.8 Å². The fraction of sp³-hybridized carbons (Fsp3) is 0.917. The Balaban J connectivity index is 3.58. The average Bonchev–Trinajstić information content (AvgIpc) is 2.31. The smallest absolute Gasteiger partial charge is 0.106 e. The van der Waals surface area contributed by atoms with Crippen LogP contribution in [0.15, 0.2) is 0 Å². The number of ether oxygens (including phenoxy) is 2. The predicted octanol–water partition coefficient (Wildman–Crippen LogP) is 1.71. The normalized spacial score (nSPS) is 14.4. The molecule has 0 aromatic carbocycles. The van der Waals surface area contributed by atoms with Crippen molar-refractivity contribution in [1.29, 1.82) is 5.26 Å². The highest BCUT2D eigenvalue weighted by Gasteiger charge is 2.21. The van der Waals surface area contributed by atoms with Crippen molar-refractivity contribution in [3.05, 3.63) is 0 Å². The second kappa shape index (κ2) is 9.59. The summed E-state index contributed by atoms with van der Waals surface area (Å²) in [6, 6.07) is 2.29. The van der Waals surface area contributed by atoms with Gasteiger partial charge in [0.1, 0.15) is 5.54 Å². The van der Waals surface area contributed by atoms with Crippen LogP contribution in [-0.2, 0) is 9.47 Å². The lowest BCUT2D eigenvalue weighted by molar-refractivity contribution is 0.0471. The molecule has 0 aliphatic rings. The Morgan fingerprint density at radius 2 is 1.88 bits per heavy atom. The molecule has 1 atom stereocenters. The highest BCUT2D eigenvalue weighted by Crippen LogP contribution is 2.08. The minimum absolute atomic E-state index is 0.471. The third-order valence-electron chi connectivity index (χ3n) is 2.33. The van der Waals surface area contributed by atoms with Crippen molar-refractivity contribution in [1.82, 2.24) is 5.32 Å². The van der Waals surface area contributed by atoms with E-state index in [1.54, 1.807) is 0 Å². The molecular formula is C12H24N2O2. The minimum Gasteiger partial charge on any atom is -0.379 e. The van der Waals surface area contributed by atoms with Crippen molar-refractivity contribution >= 4 is 0 Å². The Bertz CT molecular complexity index is 204. The van der Waals surface area contributed by atoms with Crippen molar-refractivity contribution in [3.8, 4) is 6.07 Å². The second-order valence-corrected chi connectivity index (χ2v) is 3.93. The molecule has 1 unspecified atom stereocenters. The summed E-state index contributed by atoms with van der Waals surface area (Å²) in [5, 5.41) is 12.3. The summed E-state index contributed by atoms with van der Waals surface area (Å²) in [6.45, 7) is 9.36. The van der Waals surface area contributed by atoms with Gasteiger partial charge in [0, 0.05) is 19.6 Å². The van der Waals surface area contributed by atoms with Gasteiger partial charge < -0.3 is 9.47 Å². The molecular weight excluding hydrogens is 204 g/mol. The molecule has 16 heavy (non-hydrogen) atoms. The summed E-state index contributed by atoms with van der Waals surface area (Å²) in [5.41, 5.74) is -0.471. The second-order valence-electron chi connectivity index (χ2n) is 3.93. The number of hydrogen-bond acceptors (Lipinski definition) is 4. The van der Waals surface area contributed by atoms with Crippen LogP contribution >= 0.6 is 0 Å². The summed E-state index contributed by atoms with van der Waals surface area (Å²) in [4.78, 5) is 0. The predicted molar refractivity (Wildman–Crippen MR) is 64.2 cm³/mol. The van der Waals surface area contributed by atoms with E-state index in [9.17, 15) is 0 Å². The van der Waals surface area contributed by atoms with Crippen LogP contribution in [-0.4, -0.2) is 38.5 Å². The Kier molecular flexibility index (Phi) is 9.21. The summed E-state index contributed by atoms with van der Waals surface area (Å²) in [5.74, 6) is 0. The summed E-state index contributed by atoms with van der Waals surface area (Å²) >= 11 is 0. The van der Waals surface area contributed by atoms with Gasteiger partial charge in [-0.15, -0.1) is 0 Å². The molecule has 0 saturated heterocycles. The molecule has 1 N–H and O–H groups in total. The summed E-state index contributed by atoms with van der Waals surface area (Å²) in [6.07, 6.45) is 1.73. The van der Waals surface area contributed by atoms with Gasteiger partial charge in [0.25, 0.3) is 0 Å². The van der Waals surface area contributed by atoms with Gasteiger partial charge in [-0.25, -0.2) is 0 Å². The zero-order chi connectivity index (χ0) is 12.3. The third-order valence-corrected chi connectivity index (χ3v) is 2.33. The maximum Gasteiger partial charge on any atom is 0.106 e. The van der Waals surface area contributed by atoms with Crippen LogP contribution in [0.2, 0.25) is 0 Å². The molecule has 0 radical (unpaired) electrons. The zero-order valence-electron chi connectivity index (χ0n) is 10.7. The van der Waals surface area contributed by atoms with Gasteiger partial charge in [0.2, 0.25) is 0 Å². The molecule has 0 aliphatic carbocycles. The molecule has 0 aliphatic heterocycles.